The Hall–Kier alpha value is -3.19. The number of fused-ring (bicyclic) bond motifs is 2. The number of hydrogen-bond donors (Lipinski definition) is 0. The van der Waals surface area contributed by atoms with Crippen molar-refractivity contribution in [1.82, 2.24) is 0 Å². The van der Waals surface area contributed by atoms with Crippen molar-refractivity contribution in [2.75, 3.05) is 11.5 Å². The molecule has 1 aliphatic rings. The third-order valence-corrected chi connectivity index (χ3v) is 7.88. The highest BCUT2D eigenvalue weighted by atomic mass is 35.5. The summed E-state index contributed by atoms with van der Waals surface area (Å²) in [6, 6.07) is 30.4. The Labute approximate surface area is 217 Å². The Balaban J connectivity index is 1.22. The minimum absolute atomic E-state index is 0.297. The molecule has 4 aromatic carbocycles. The third kappa shape index (κ3) is 5.40. The van der Waals surface area contributed by atoms with Crippen molar-refractivity contribution in [3.05, 3.63) is 113 Å². The van der Waals surface area contributed by atoms with Gasteiger partial charge in [-0.25, -0.2) is 4.79 Å². The molecule has 0 radical (unpaired) electrons. The zero-order chi connectivity index (χ0) is 24.2. The van der Waals surface area contributed by atoms with Crippen molar-refractivity contribution in [3.63, 3.8) is 0 Å². The normalized spacial score (nSPS) is 12.0. The molecule has 0 spiro atoms. The van der Waals surface area contributed by atoms with Crippen LogP contribution in [0.1, 0.15) is 15.9 Å². The van der Waals surface area contributed by atoms with Gasteiger partial charge in [-0.1, -0.05) is 59.8 Å². The van der Waals surface area contributed by atoms with Gasteiger partial charge in [0.25, 0.3) is 5.91 Å². The smallest absolute Gasteiger partial charge is 0.338 e. The number of para-hydroxylation sites is 2. The number of carbonyl (C=O) groups excluding carboxylic acids is 2. The molecule has 0 aliphatic carbocycles. The molecule has 1 amide bonds. The Morgan fingerprint density at radius 3 is 2.03 bits per heavy atom. The molecule has 1 aliphatic heterocycles. The first-order valence-corrected chi connectivity index (χ1v) is 13.1. The highest BCUT2D eigenvalue weighted by molar-refractivity contribution is 7.99. The summed E-state index contributed by atoms with van der Waals surface area (Å²) in [5.74, 6) is -0.0564. The summed E-state index contributed by atoms with van der Waals surface area (Å²) in [6.45, 7) is -0.347. The van der Waals surface area contributed by atoms with E-state index in [1.807, 2.05) is 84.9 Å². The molecule has 0 saturated carbocycles. The number of hydrogen-bond acceptors (Lipinski definition) is 5. The Bertz CT molecular complexity index is 1330. The topological polar surface area (TPSA) is 46.6 Å². The molecule has 174 valence electrons. The molecule has 0 aromatic heterocycles. The fraction of sp³-hybridized carbons (Fsp3) is 0.0714. The highest BCUT2D eigenvalue weighted by Crippen LogP contribution is 2.47. The fourth-order valence-corrected chi connectivity index (χ4v) is 5.72. The monoisotopic (exact) mass is 517 g/mol. The van der Waals surface area contributed by atoms with E-state index in [2.05, 4.69) is 0 Å². The summed E-state index contributed by atoms with van der Waals surface area (Å²) < 4.78 is 5.40. The molecule has 1 heterocycles. The van der Waals surface area contributed by atoms with E-state index in [1.165, 1.54) is 0 Å². The van der Waals surface area contributed by atoms with Gasteiger partial charge in [-0.15, -0.1) is 11.8 Å². The summed E-state index contributed by atoms with van der Waals surface area (Å²) in [4.78, 5) is 30.5. The van der Waals surface area contributed by atoms with Crippen LogP contribution in [0, 0.1) is 0 Å². The highest BCUT2D eigenvalue weighted by Gasteiger charge is 2.28. The van der Waals surface area contributed by atoms with Crippen LogP contribution < -0.4 is 4.90 Å². The molecule has 4 aromatic rings. The lowest BCUT2D eigenvalue weighted by atomic mass is 10.1. The van der Waals surface area contributed by atoms with Crippen LogP contribution in [0.4, 0.5) is 11.4 Å². The maximum absolute atomic E-state index is 13.2. The van der Waals surface area contributed by atoms with Gasteiger partial charge in [0.2, 0.25) is 0 Å². The average Bonchev–Trinajstić information content (AvgIpc) is 2.90. The first kappa shape index (κ1) is 23.5. The van der Waals surface area contributed by atoms with Crippen LogP contribution in [0.5, 0.6) is 0 Å². The second-order valence-electron chi connectivity index (χ2n) is 7.78. The summed E-state index contributed by atoms with van der Waals surface area (Å²) >= 11 is 9.24. The van der Waals surface area contributed by atoms with Gasteiger partial charge >= 0.3 is 5.97 Å². The second-order valence-corrected chi connectivity index (χ2v) is 10.4. The fourth-order valence-electron chi connectivity index (χ4n) is 3.68. The van der Waals surface area contributed by atoms with Crippen LogP contribution >= 0.6 is 35.1 Å². The molecule has 0 N–H and O–H groups in total. The van der Waals surface area contributed by atoms with Crippen molar-refractivity contribution >= 4 is 58.4 Å². The number of ether oxygens (including phenoxy) is 1. The second kappa shape index (κ2) is 10.6. The number of anilines is 2. The summed E-state index contributed by atoms with van der Waals surface area (Å²) in [7, 11) is 0. The van der Waals surface area contributed by atoms with Gasteiger partial charge in [-0.3, -0.25) is 9.69 Å². The van der Waals surface area contributed by atoms with Crippen molar-refractivity contribution in [2.24, 2.45) is 0 Å². The van der Waals surface area contributed by atoms with Crippen LogP contribution in [-0.4, -0.2) is 18.5 Å². The van der Waals surface area contributed by atoms with Gasteiger partial charge < -0.3 is 4.74 Å². The number of carbonyl (C=O) groups is 2. The van der Waals surface area contributed by atoms with E-state index in [4.69, 9.17) is 16.3 Å². The van der Waals surface area contributed by atoms with Crippen molar-refractivity contribution in [2.45, 2.75) is 20.4 Å². The van der Waals surface area contributed by atoms with Gasteiger partial charge in [0.15, 0.2) is 6.61 Å². The van der Waals surface area contributed by atoms with Gasteiger partial charge in [0.05, 0.1) is 16.9 Å². The van der Waals surface area contributed by atoms with Gasteiger partial charge in [0.1, 0.15) is 0 Å². The zero-order valence-corrected chi connectivity index (χ0v) is 20.9. The van der Waals surface area contributed by atoms with Gasteiger partial charge in [0, 0.05) is 25.5 Å². The SMILES string of the molecule is O=C(OCC(=O)N1c2ccccc2Sc2ccccc21)c1ccc(CSc2ccc(Cl)cc2)cc1. The number of rotatable bonds is 6. The first-order valence-electron chi connectivity index (χ1n) is 10.9. The van der Waals surface area contributed by atoms with Crippen LogP contribution in [-0.2, 0) is 15.3 Å². The Kier molecular flexibility index (Phi) is 7.13. The summed E-state index contributed by atoms with van der Waals surface area (Å²) in [5.41, 5.74) is 3.07. The van der Waals surface area contributed by atoms with Crippen molar-refractivity contribution in [1.29, 1.82) is 0 Å². The molecule has 35 heavy (non-hydrogen) atoms. The molecule has 0 saturated heterocycles. The number of amides is 1. The standard InChI is InChI=1S/C28H20ClNO3S2/c29-21-13-15-22(16-14-21)34-18-19-9-11-20(12-10-19)28(32)33-17-27(31)30-23-5-1-3-7-25(23)35-26-8-4-2-6-24(26)30/h1-16H,17-18H2. The lowest BCUT2D eigenvalue weighted by Gasteiger charge is -2.30. The molecule has 0 unspecified atom stereocenters. The molecule has 0 atom stereocenters. The number of nitrogens with zero attached hydrogens (tertiary/aromatic N) is 1. The van der Waals surface area contributed by atoms with E-state index in [1.54, 1.807) is 40.6 Å². The van der Waals surface area contributed by atoms with Crippen LogP contribution in [0.25, 0.3) is 0 Å². The van der Waals surface area contributed by atoms with Crippen LogP contribution in [0.3, 0.4) is 0 Å². The lowest BCUT2D eigenvalue weighted by Crippen LogP contribution is -2.32. The quantitative estimate of drug-likeness (QED) is 0.194. The maximum atomic E-state index is 13.2. The molecule has 4 nitrogen and oxygen atoms in total. The van der Waals surface area contributed by atoms with E-state index in [0.717, 1.165) is 37.4 Å². The predicted octanol–water partition coefficient (Wildman–Crippen LogP) is 7.62. The Morgan fingerprint density at radius 1 is 0.800 bits per heavy atom. The molecule has 5 rings (SSSR count). The molecular formula is C28H20ClNO3S2. The number of halogens is 1. The number of benzene rings is 4. The minimum Gasteiger partial charge on any atom is -0.452 e. The average molecular weight is 518 g/mol. The van der Waals surface area contributed by atoms with Gasteiger partial charge in [-0.2, -0.15) is 0 Å². The predicted molar refractivity (Wildman–Crippen MR) is 142 cm³/mol. The van der Waals surface area contributed by atoms with E-state index < -0.39 is 5.97 Å². The lowest BCUT2D eigenvalue weighted by molar-refractivity contribution is -0.121. The van der Waals surface area contributed by atoms with E-state index in [0.29, 0.717) is 10.6 Å². The van der Waals surface area contributed by atoms with Crippen molar-refractivity contribution in [3.8, 4) is 0 Å². The molecule has 0 fully saturated rings. The maximum Gasteiger partial charge on any atom is 0.338 e. The van der Waals surface area contributed by atoms with E-state index >= 15 is 0 Å². The first-order chi connectivity index (χ1) is 17.1. The third-order valence-electron chi connectivity index (χ3n) is 5.42. The van der Waals surface area contributed by atoms with Crippen LogP contribution in [0.2, 0.25) is 5.02 Å². The summed E-state index contributed by atoms with van der Waals surface area (Å²) in [6.07, 6.45) is 0. The van der Waals surface area contributed by atoms with Crippen LogP contribution in [0.15, 0.2) is 112 Å². The summed E-state index contributed by atoms with van der Waals surface area (Å²) in [5, 5.41) is 0.711. The largest absolute Gasteiger partial charge is 0.452 e. The molecular weight excluding hydrogens is 498 g/mol. The van der Waals surface area contributed by atoms with E-state index in [-0.39, 0.29) is 12.5 Å². The minimum atomic E-state index is -0.525. The Morgan fingerprint density at radius 2 is 1.40 bits per heavy atom. The number of esters is 1. The van der Waals surface area contributed by atoms with E-state index in [9.17, 15) is 9.59 Å². The molecule has 0 bridgehead atoms. The van der Waals surface area contributed by atoms with Gasteiger partial charge in [-0.05, 0) is 66.2 Å². The van der Waals surface area contributed by atoms with Crippen molar-refractivity contribution < 1.29 is 14.3 Å². The number of thioether (sulfide) groups is 1. The molecule has 7 heteroatoms. The zero-order valence-electron chi connectivity index (χ0n) is 18.5.